The van der Waals surface area contributed by atoms with E-state index >= 15 is 0 Å². The molecule has 2 aliphatic heterocycles. The standard InChI is InChI=1S/C21H19FN2O/c22-15-10-14-7-9-24-19(14)17(11-15)16-6-8-23-12-18(20(16)24)21(25)13-4-2-1-3-5-13/h1-5,10-11,18,23H,6-9,12H2. The average Bonchev–Trinajstić information content (AvgIpc) is 3.09. The molecule has 4 heteroatoms. The Morgan fingerprint density at radius 1 is 1.16 bits per heavy atom. The van der Waals surface area contributed by atoms with Crippen molar-refractivity contribution in [3.63, 3.8) is 0 Å². The molecule has 0 amide bonds. The van der Waals surface area contributed by atoms with E-state index in [4.69, 9.17) is 0 Å². The monoisotopic (exact) mass is 334 g/mol. The number of hydrogen-bond donors (Lipinski definition) is 1. The zero-order chi connectivity index (χ0) is 17.0. The van der Waals surface area contributed by atoms with Crippen LogP contribution in [0.3, 0.4) is 0 Å². The molecule has 3 aromatic rings. The third-order valence-corrected chi connectivity index (χ3v) is 5.56. The fraction of sp³-hybridized carbons (Fsp3) is 0.286. The molecule has 5 rings (SSSR count). The lowest BCUT2D eigenvalue weighted by atomic mass is 9.91. The van der Waals surface area contributed by atoms with E-state index in [1.54, 1.807) is 12.1 Å². The maximum atomic E-state index is 14.1. The molecule has 1 atom stereocenters. The lowest BCUT2D eigenvalue weighted by Crippen LogP contribution is -2.27. The van der Waals surface area contributed by atoms with E-state index in [-0.39, 0.29) is 17.5 Å². The SMILES string of the molecule is O=C(c1ccccc1)C1CNCCc2c1n1c3c(cc(F)cc23)CC1. The van der Waals surface area contributed by atoms with Gasteiger partial charge in [0.15, 0.2) is 5.78 Å². The van der Waals surface area contributed by atoms with Crippen LogP contribution in [-0.4, -0.2) is 23.4 Å². The predicted octanol–water partition coefficient (Wildman–Crippen LogP) is 3.45. The highest BCUT2D eigenvalue weighted by atomic mass is 19.1. The number of nitrogens with zero attached hydrogens (tertiary/aromatic N) is 1. The fourth-order valence-corrected chi connectivity index (χ4v) is 4.52. The maximum absolute atomic E-state index is 14.1. The van der Waals surface area contributed by atoms with E-state index in [0.717, 1.165) is 59.2 Å². The van der Waals surface area contributed by atoms with Crippen molar-refractivity contribution in [1.29, 1.82) is 0 Å². The summed E-state index contributed by atoms with van der Waals surface area (Å²) in [4.78, 5) is 13.2. The number of Topliss-reactive ketones (excluding diaryl/α,β-unsaturated/α-hetero) is 1. The van der Waals surface area contributed by atoms with Gasteiger partial charge in [-0.1, -0.05) is 30.3 Å². The van der Waals surface area contributed by atoms with Gasteiger partial charge in [0.05, 0.1) is 11.4 Å². The second-order valence-electron chi connectivity index (χ2n) is 6.96. The Hall–Kier alpha value is -2.46. The molecule has 0 radical (unpaired) electrons. The first-order valence-corrected chi connectivity index (χ1v) is 8.87. The summed E-state index contributed by atoms with van der Waals surface area (Å²) in [6.07, 6.45) is 1.68. The summed E-state index contributed by atoms with van der Waals surface area (Å²) >= 11 is 0. The quantitative estimate of drug-likeness (QED) is 0.729. The van der Waals surface area contributed by atoms with Crippen molar-refractivity contribution in [3.05, 3.63) is 70.7 Å². The highest BCUT2D eigenvalue weighted by Crippen LogP contribution is 2.39. The molecular formula is C21H19FN2O. The Labute approximate surface area is 145 Å². The Morgan fingerprint density at radius 3 is 2.84 bits per heavy atom. The zero-order valence-electron chi connectivity index (χ0n) is 13.9. The second-order valence-corrected chi connectivity index (χ2v) is 6.96. The highest BCUT2D eigenvalue weighted by Gasteiger charge is 2.33. The van der Waals surface area contributed by atoms with E-state index < -0.39 is 0 Å². The lowest BCUT2D eigenvalue weighted by molar-refractivity contribution is 0.0956. The molecule has 25 heavy (non-hydrogen) atoms. The summed E-state index contributed by atoms with van der Waals surface area (Å²) in [5, 5.41) is 4.40. The Bertz CT molecular complexity index is 990. The van der Waals surface area contributed by atoms with Crippen LogP contribution in [0.4, 0.5) is 4.39 Å². The zero-order valence-corrected chi connectivity index (χ0v) is 13.9. The van der Waals surface area contributed by atoms with Crippen LogP contribution in [0.25, 0.3) is 10.9 Å². The molecule has 1 aromatic heterocycles. The largest absolute Gasteiger partial charge is 0.343 e. The summed E-state index contributed by atoms with van der Waals surface area (Å²) < 4.78 is 16.4. The van der Waals surface area contributed by atoms with Gasteiger partial charge in [-0.25, -0.2) is 4.39 Å². The molecule has 0 saturated heterocycles. The van der Waals surface area contributed by atoms with Crippen LogP contribution in [-0.2, 0) is 19.4 Å². The van der Waals surface area contributed by atoms with Crippen LogP contribution in [0, 0.1) is 5.82 Å². The number of aromatic nitrogens is 1. The van der Waals surface area contributed by atoms with Crippen molar-refractivity contribution in [1.82, 2.24) is 9.88 Å². The molecule has 0 saturated carbocycles. The predicted molar refractivity (Wildman–Crippen MR) is 95.7 cm³/mol. The van der Waals surface area contributed by atoms with E-state index in [1.807, 2.05) is 30.3 Å². The fourth-order valence-electron chi connectivity index (χ4n) is 4.52. The van der Waals surface area contributed by atoms with Crippen molar-refractivity contribution in [2.45, 2.75) is 25.3 Å². The molecule has 0 fully saturated rings. The minimum Gasteiger partial charge on any atom is -0.343 e. The average molecular weight is 334 g/mol. The third kappa shape index (κ3) is 2.17. The number of aryl methyl sites for hydroxylation is 2. The van der Waals surface area contributed by atoms with Gasteiger partial charge in [-0.05, 0) is 42.6 Å². The number of nitrogens with one attached hydrogen (secondary N) is 1. The molecule has 0 aliphatic carbocycles. The van der Waals surface area contributed by atoms with Gasteiger partial charge in [0.25, 0.3) is 0 Å². The summed E-state index contributed by atoms with van der Waals surface area (Å²) in [5.74, 6) is -0.252. The smallest absolute Gasteiger partial charge is 0.173 e. The first-order chi connectivity index (χ1) is 12.2. The molecule has 0 spiro atoms. The molecule has 2 aromatic carbocycles. The van der Waals surface area contributed by atoms with E-state index in [0.29, 0.717) is 6.54 Å². The molecule has 126 valence electrons. The number of ketones is 1. The number of benzene rings is 2. The van der Waals surface area contributed by atoms with Gasteiger partial charge in [0.1, 0.15) is 5.82 Å². The number of carbonyl (C=O) groups is 1. The van der Waals surface area contributed by atoms with Gasteiger partial charge < -0.3 is 9.88 Å². The topological polar surface area (TPSA) is 34.0 Å². The van der Waals surface area contributed by atoms with E-state index in [9.17, 15) is 9.18 Å². The van der Waals surface area contributed by atoms with Crippen molar-refractivity contribution < 1.29 is 9.18 Å². The molecular weight excluding hydrogens is 315 g/mol. The number of halogens is 1. The number of carbonyl (C=O) groups excluding carboxylic acids is 1. The van der Waals surface area contributed by atoms with Crippen LogP contribution >= 0.6 is 0 Å². The van der Waals surface area contributed by atoms with Gasteiger partial charge in [-0.2, -0.15) is 0 Å². The summed E-state index contributed by atoms with van der Waals surface area (Å²) in [6.45, 7) is 2.29. The Morgan fingerprint density at radius 2 is 2.00 bits per heavy atom. The lowest BCUT2D eigenvalue weighted by Gasteiger charge is -2.18. The molecule has 1 N–H and O–H groups in total. The van der Waals surface area contributed by atoms with Crippen LogP contribution < -0.4 is 5.32 Å². The van der Waals surface area contributed by atoms with Crippen molar-refractivity contribution >= 4 is 16.7 Å². The van der Waals surface area contributed by atoms with Gasteiger partial charge in [0.2, 0.25) is 0 Å². The highest BCUT2D eigenvalue weighted by molar-refractivity contribution is 6.02. The first-order valence-electron chi connectivity index (χ1n) is 8.87. The van der Waals surface area contributed by atoms with Crippen molar-refractivity contribution in [2.75, 3.05) is 13.1 Å². The number of rotatable bonds is 2. The van der Waals surface area contributed by atoms with Crippen molar-refractivity contribution in [2.24, 2.45) is 0 Å². The van der Waals surface area contributed by atoms with E-state index in [1.165, 1.54) is 0 Å². The Kier molecular flexibility index (Phi) is 3.28. The van der Waals surface area contributed by atoms with Crippen LogP contribution in [0.1, 0.15) is 33.1 Å². The normalized spacial score (nSPS) is 19.0. The molecule has 3 nitrogen and oxygen atoms in total. The van der Waals surface area contributed by atoms with Crippen LogP contribution in [0.2, 0.25) is 0 Å². The molecule has 3 heterocycles. The van der Waals surface area contributed by atoms with Crippen LogP contribution in [0.15, 0.2) is 42.5 Å². The maximum Gasteiger partial charge on any atom is 0.173 e. The second kappa shape index (κ2) is 5.53. The summed E-state index contributed by atoms with van der Waals surface area (Å²) in [6, 6.07) is 12.8. The first kappa shape index (κ1) is 14.8. The number of hydrogen-bond acceptors (Lipinski definition) is 2. The van der Waals surface area contributed by atoms with Gasteiger partial charge in [-0.15, -0.1) is 0 Å². The van der Waals surface area contributed by atoms with Crippen molar-refractivity contribution in [3.8, 4) is 0 Å². The summed E-state index contributed by atoms with van der Waals surface area (Å²) in [7, 11) is 0. The van der Waals surface area contributed by atoms with Gasteiger partial charge >= 0.3 is 0 Å². The molecule has 1 unspecified atom stereocenters. The van der Waals surface area contributed by atoms with Gasteiger partial charge in [0, 0.05) is 29.7 Å². The minimum absolute atomic E-state index is 0.143. The van der Waals surface area contributed by atoms with Gasteiger partial charge in [-0.3, -0.25) is 4.79 Å². The summed E-state index contributed by atoms with van der Waals surface area (Å²) in [5.41, 5.74) is 5.19. The number of fused-ring (bicyclic) bond motifs is 3. The van der Waals surface area contributed by atoms with E-state index in [2.05, 4.69) is 9.88 Å². The Balaban J connectivity index is 1.73. The third-order valence-electron chi connectivity index (χ3n) is 5.56. The molecule has 0 bridgehead atoms. The minimum atomic E-state index is -0.221. The molecule has 2 aliphatic rings. The van der Waals surface area contributed by atoms with Crippen LogP contribution in [0.5, 0.6) is 0 Å².